The van der Waals surface area contributed by atoms with E-state index in [0.717, 1.165) is 43.2 Å². The van der Waals surface area contributed by atoms with Crippen LogP contribution in [0.25, 0.3) is 0 Å². The molecule has 204 valence electrons. The summed E-state index contributed by atoms with van der Waals surface area (Å²) in [6.07, 6.45) is 10.1. The number of rotatable bonds is 16. The number of ether oxygens (including phenoxy) is 1. The molecule has 1 unspecified atom stereocenters. The molecule has 1 saturated heterocycles. The number of benzene rings is 2. The van der Waals surface area contributed by atoms with E-state index in [1.165, 1.54) is 60.8 Å². The molecule has 4 heteroatoms. The predicted octanol–water partition coefficient (Wildman–Crippen LogP) is 7.75. The molecule has 0 bridgehead atoms. The Bertz CT molecular complexity index is 993. The van der Waals surface area contributed by atoms with Crippen molar-refractivity contribution >= 4 is 5.97 Å². The van der Waals surface area contributed by atoms with Crippen molar-refractivity contribution < 1.29 is 14.6 Å². The van der Waals surface area contributed by atoms with Crippen molar-refractivity contribution in [2.45, 2.75) is 92.5 Å². The average Bonchev–Trinajstić information content (AvgIpc) is 2.81. The molecule has 1 fully saturated rings. The van der Waals surface area contributed by atoms with Gasteiger partial charge in [-0.15, -0.1) is 0 Å². The van der Waals surface area contributed by atoms with Crippen molar-refractivity contribution in [3.05, 3.63) is 64.2 Å². The van der Waals surface area contributed by atoms with Gasteiger partial charge in [0, 0.05) is 19.6 Å². The lowest BCUT2D eigenvalue weighted by molar-refractivity contribution is -0.147. The van der Waals surface area contributed by atoms with Crippen LogP contribution in [0.5, 0.6) is 5.75 Å². The molecule has 0 saturated carbocycles. The summed E-state index contributed by atoms with van der Waals surface area (Å²) in [4.78, 5) is 13.2. The molecule has 0 aliphatic carbocycles. The second kappa shape index (κ2) is 14.6. The number of unbranched alkanes of at least 4 members (excludes halogenated alkanes) is 2. The molecular weight excluding hydrogens is 458 g/mol. The fourth-order valence-electron chi connectivity index (χ4n) is 5.41. The number of likely N-dealkylation sites (tertiary alicyclic amines) is 1. The van der Waals surface area contributed by atoms with Crippen LogP contribution in [-0.2, 0) is 17.8 Å². The molecule has 2 aromatic carbocycles. The summed E-state index contributed by atoms with van der Waals surface area (Å²) >= 11 is 0. The number of aliphatic carboxylic acids is 1. The lowest BCUT2D eigenvalue weighted by atomic mass is 9.88. The van der Waals surface area contributed by atoms with Crippen LogP contribution in [0.2, 0.25) is 0 Å². The Labute approximate surface area is 225 Å². The van der Waals surface area contributed by atoms with E-state index in [2.05, 4.69) is 75.9 Å². The maximum absolute atomic E-state index is 11.0. The summed E-state index contributed by atoms with van der Waals surface area (Å²) in [7, 11) is 0. The van der Waals surface area contributed by atoms with Crippen molar-refractivity contribution in [2.75, 3.05) is 19.7 Å². The highest BCUT2D eigenvalue weighted by atomic mass is 16.5. The Morgan fingerprint density at radius 1 is 0.892 bits per heavy atom. The second-order valence-corrected chi connectivity index (χ2v) is 11.8. The molecule has 3 rings (SSSR count). The number of aryl methyl sites for hydroxylation is 3. The Morgan fingerprint density at radius 2 is 1.57 bits per heavy atom. The van der Waals surface area contributed by atoms with E-state index in [4.69, 9.17) is 9.84 Å². The topological polar surface area (TPSA) is 49.8 Å². The lowest BCUT2D eigenvalue weighted by Gasteiger charge is -2.36. The molecule has 1 atom stereocenters. The molecule has 0 radical (unpaired) electrons. The largest absolute Gasteiger partial charge is 0.493 e. The number of carboxylic acid groups (broad SMARTS) is 1. The molecule has 1 N–H and O–H groups in total. The van der Waals surface area contributed by atoms with E-state index in [0.29, 0.717) is 19.0 Å². The summed E-state index contributed by atoms with van der Waals surface area (Å²) in [5.74, 6) is 1.59. The predicted molar refractivity (Wildman–Crippen MR) is 153 cm³/mol. The van der Waals surface area contributed by atoms with E-state index in [1.54, 1.807) is 0 Å². The number of nitrogens with zero attached hydrogens (tertiary/aromatic N) is 1. The van der Waals surface area contributed by atoms with Crippen LogP contribution in [0.1, 0.15) is 86.6 Å². The van der Waals surface area contributed by atoms with Crippen LogP contribution in [0.3, 0.4) is 0 Å². The zero-order chi connectivity index (χ0) is 26.8. The minimum absolute atomic E-state index is 0.206. The van der Waals surface area contributed by atoms with Crippen LogP contribution in [0.15, 0.2) is 36.4 Å². The van der Waals surface area contributed by atoms with Crippen molar-refractivity contribution in [1.82, 2.24) is 4.90 Å². The van der Waals surface area contributed by atoms with Gasteiger partial charge in [0.25, 0.3) is 0 Å². The lowest BCUT2D eigenvalue weighted by Crippen LogP contribution is -2.49. The van der Waals surface area contributed by atoms with Gasteiger partial charge in [0.15, 0.2) is 0 Å². The smallest absolute Gasteiger partial charge is 0.309 e. The molecule has 1 heterocycles. The van der Waals surface area contributed by atoms with E-state index in [9.17, 15) is 4.79 Å². The minimum Gasteiger partial charge on any atom is -0.493 e. The van der Waals surface area contributed by atoms with E-state index < -0.39 is 5.97 Å². The van der Waals surface area contributed by atoms with Crippen molar-refractivity contribution in [2.24, 2.45) is 17.8 Å². The maximum atomic E-state index is 11.0. The van der Waals surface area contributed by atoms with Gasteiger partial charge in [-0.05, 0) is 85.8 Å². The molecular formula is C33H49NO3. The van der Waals surface area contributed by atoms with Crippen molar-refractivity contribution in [3.63, 3.8) is 0 Å². The zero-order valence-electron chi connectivity index (χ0n) is 23.9. The Morgan fingerprint density at radius 3 is 2.24 bits per heavy atom. The molecule has 4 nitrogen and oxygen atoms in total. The molecule has 37 heavy (non-hydrogen) atoms. The monoisotopic (exact) mass is 507 g/mol. The van der Waals surface area contributed by atoms with Gasteiger partial charge in [-0.3, -0.25) is 9.69 Å². The third-order valence-electron chi connectivity index (χ3n) is 7.96. The van der Waals surface area contributed by atoms with Crippen molar-refractivity contribution in [3.8, 4) is 5.75 Å². The van der Waals surface area contributed by atoms with Crippen LogP contribution >= 0.6 is 0 Å². The summed E-state index contributed by atoms with van der Waals surface area (Å²) in [5, 5.41) is 9.07. The number of carbonyl (C=O) groups is 1. The highest BCUT2D eigenvalue weighted by Gasteiger charge is 2.32. The van der Waals surface area contributed by atoms with E-state index in [-0.39, 0.29) is 5.92 Å². The number of carboxylic acids is 1. The third-order valence-corrected chi connectivity index (χ3v) is 7.96. The standard InChI is InChI=1S/C33H49NO3/c1-24(2)10-7-6-8-11-28(20-29-14-13-25(3)26(4)18-29)12-9-17-37-32-16-15-30(19-27(32)5)21-34-22-31(23-34)33(35)36/h13-16,18-19,24,28,31H,6-12,17,20-23H2,1-5H3,(H,35,36). The van der Waals surface area contributed by atoms with E-state index >= 15 is 0 Å². The van der Waals surface area contributed by atoms with Crippen molar-refractivity contribution in [1.29, 1.82) is 0 Å². The normalized spacial score (nSPS) is 15.1. The van der Waals surface area contributed by atoms with Crippen LogP contribution < -0.4 is 4.74 Å². The summed E-state index contributed by atoms with van der Waals surface area (Å²) in [6.45, 7) is 14.0. The molecule has 1 aliphatic heterocycles. The van der Waals surface area contributed by atoms with E-state index in [1.807, 2.05) is 0 Å². The Balaban J connectivity index is 1.45. The molecule has 0 amide bonds. The van der Waals surface area contributed by atoms with Crippen LogP contribution in [0, 0.1) is 38.5 Å². The SMILES string of the molecule is Cc1ccc(CC(CCCCCC(C)C)CCCOc2ccc(CN3CC(C(=O)O)C3)cc2C)cc1C. The van der Waals surface area contributed by atoms with Gasteiger partial charge in [0.05, 0.1) is 12.5 Å². The molecule has 0 spiro atoms. The van der Waals surface area contributed by atoms with Gasteiger partial charge < -0.3 is 9.84 Å². The third kappa shape index (κ3) is 9.81. The minimum atomic E-state index is -0.682. The first-order valence-corrected chi connectivity index (χ1v) is 14.4. The van der Waals surface area contributed by atoms with Crippen LogP contribution in [-0.4, -0.2) is 35.7 Å². The number of hydrogen-bond acceptors (Lipinski definition) is 3. The summed E-state index contributed by atoms with van der Waals surface area (Å²) in [5.41, 5.74) is 6.62. The second-order valence-electron chi connectivity index (χ2n) is 11.8. The Kier molecular flexibility index (Phi) is 11.5. The first-order chi connectivity index (χ1) is 17.7. The molecule has 2 aromatic rings. The maximum Gasteiger partial charge on any atom is 0.309 e. The van der Waals surface area contributed by atoms with Crippen LogP contribution in [0.4, 0.5) is 0 Å². The van der Waals surface area contributed by atoms with Gasteiger partial charge in [-0.25, -0.2) is 0 Å². The van der Waals surface area contributed by atoms with Gasteiger partial charge in [0.2, 0.25) is 0 Å². The first-order valence-electron chi connectivity index (χ1n) is 14.4. The Hall–Kier alpha value is -2.33. The molecule has 0 aromatic heterocycles. The zero-order valence-corrected chi connectivity index (χ0v) is 23.9. The highest BCUT2D eigenvalue weighted by molar-refractivity contribution is 5.71. The summed E-state index contributed by atoms with van der Waals surface area (Å²) in [6, 6.07) is 13.4. The summed E-state index contributed by atoms with van der Waals surface area (Å²) < 4.78 is 6.20. The fraction of sp³-hybridized carbons (Fsp3) is 0.606. The molecule has 1 aliphatic rings. The quantitative estimate of drug-likeness (QED) is 0.236. The van der Waals surface area contributed by atoms with Gasteiger partial charge in [-0.2, -0.15) is 0 Å². The fourth-order valence-corrected chi connectivity index (χ4v) is 5.41. The highest BCUT2D eigenvalue weighted by Crippen LogP contribution is 2.26. The van der Waals surface area contributed by atoms with Gasteiger partial charge in [0.1, 0.15) is 5.75 Å². The van der Waals surface area contributed by atoms with Gasteiger partial charge >= 0.3 is 5.97 Å². The van der Waals surface area contributed by atoms with Gasteiger partial charge in [-0.1, -0.05) is 76.3 Å². The number of hydrogen-bond donors (Lipinski definition) is 1. The average molecular weight is 508 g/mol. The first kappa shape index (κ1) is 29.2.